The number of aromatic nitrogens is 2. The van der Waals surface area contributed by atoms with Crippen LogP contribution in [0.15, 0.2) is 77.8 Å². The van der Waals surface area contributed by atoms with Gasteiger partial charge in [0.1, 0.15) is 5.02 Å². The molecule has 0 unspecified atom stereocenters. The molecule has 43 heavy (non-hydrogen) atoms. The maximum atomic E-state index is 13.0. The number of aryl methyl sites for hydroxylation is 2. The monoisotopic (exact) mass is 643 g/mol. The van der Waals surface area contributed by atoms with Crippen LogP contribution in [0.2, 0.25) is 5.02 Å². The first-order valence-electron chi connectivity index (χ1n) is 12.1. The van der Waals surface area contributed by atoms with E-state index in [1.165, 1.54) is 6.20 Å². The minimum Gasteiger partial charge on any atom is -0.339 e. The molecule has 0 amide bonds. The number of carbonyl (C=O) groups is 1. The number of carbonyl (C=O) groups excluding carboxylic acids is 1. The zero-order chi connectivity index (χ0) is 31.4. The highest BCUT2D eigenvalue weighted by Gasteiger charge is 2.31. The molecule has 0 fully saturated rings. The lowest BCUT2D eigenvalue weighted by atomic mass is 10.0. The second kappa shape index (κ2) is 12.5. The smallest absolute Gasteiger partial charge is 0.339 e. The van der Waals surface area contributed by atoms with E-state index in [0.717, 1.165) is 35.5 Å². The summed E-state index contributed by atoms with van der Waals surface area (Å²) in [6.07, 6.45) is -7.73. The summed E-state index contributed by atoms with van der Waals surface area (Å²) in [7, 11) is -4.15. The summed E-state index contributed by atoms with van der Waals surface area (Å²) in [6.45, 7) is 0. The van der Waals surface area contributed by atoms with Gasteiger partial charge < -0.3 is 10.6 Å². The van der Waals surface area contributed by atoms with Gasteiger partial charge >= 0.3 is 12.4 Å². The highest BCUT2D eigenvalue weighted by Crippen LogP contribution is 2.32. The van der Waals surface area contributed by atoms with Crippen molar-refractivity contribution >= 4 is 56.7 Å². The Bertz CT molecular complexity index is 1730. The molecule has 1 aromatic heterocycles. The largest absolute Gasteiger partial charge is 0.446 e. The van der Waals surface area contributed by atoms with Gasteiger partial charge in [-0.05, 0) is 78.6 Å². The van der Waals surface area contributed by atoms with Crippen LogP contribution < -0.4 is 15.4 Å². The number of rotatable bonds is 3. The number of sulfonamides is 1. The number of hydrogen-bond acceptors (Lipinski definition) is 7. The molecule has 226 valence electrons. The number of halogens is 7. The first-order chi connectivity index (χ1) is 20.1. The van der Waals surface area contributed by atoms with Gasteiger partial charge in [-0.25, -0.2) is 13.4 Å². The summed E-state index contributed by atoms with van der Waals surface area (Å²) in [4.78, 5) is 17.1. The van der Waals surface area contributed by atoms with E-state index in [2.05, 4.69) is 25.3 Å². The maximum absolute atomic E-state index is 13.0. The maximum Gasteiger partial charge on any atom is 0.446 e. The summed E-state index contributed by atoms with van der Waals surface area (Å²) in [6, 6.07) is 16.0. The van der Waals surface area contributed by atoms with Crippen LogP contribution >= 0.6 is 11.6 Å². The van der Waals surface area contributed by atoms with Crippen LogP contribution in [0, 0.1) is 0 Å². The lowest BCUT2D eigenvalue weighted by molar-refractivity contribution is -0.156. The Hall–Kier alpha value is -4.37. The first-order valence-corrected chi connectivity index (χ1v) is 14.0. The average molecular weight is 644 g/mol. The van der Waals surface area contributed by atoms with Crippen LogP contribution in [0.1, 0.15) is 16.7 Å². The fourth-order valence-electron chi connectivity index (χ4n) is 3.87. The molecule has 2 heterocycles. The Balaban J connectivity index is 0.000000641. The van der Waals surface area contributed by atoms with Gasteiger partial charge in [-0.15, -0.1) is 0 Å². The van der Waals surface area contributed by atoms with Gasteiger partial charge in [-0.2, -0.15) is 31.3 Å². The van der Waals surface area contributed by atoms with Crippen molar-refractivity contribution < 1.29 is 39.6 Å². The van der Waals surface area contributed by atoms with Gasteiger partial charge in [0.15, 0.2) is 5.82 Å². The third-order valence-electron chi connectivity index (χ3n) is 5.85. The van der Waals surface area contributed by atoms with Gasteiger partial charge in [-0.3, -0.25) is 9.52 Å². The number of nitrogens with one attached hydrogen (secondary N) is 3. The quantitative estimate of drug-likeness (QED) is 0.159. The molecule has 0 saturated carbocycles. The highest BCUT2D eigenvalue weighted by atomic mass is 35.5. The van der Waals surface area contributed by atoms with Gasteiger partial charge in [0.2, 0.25) is 12.2 Å². The van der Waals surface area contributed by atoms with Crippen molar-refractivity contribution in [3.05, 3.63) is 94.6 Å². The normalized spacial score (nSPS) is 13.0. The molecule has 3 aromatic carbocycles. The number of fused-ring (bicyclic) bond motifs is 6. The Morgan fingerprint density at radius 3 is 2.21 bits per heavy atom. The molecular weight excluding hydrogens is 624 g/mol. The van der Waals surface area contributed by atoms with Crippen molar-refractivity contribution in [2.75, 3.05) is 15.4 Å². The highest BCUT2D eigenvalue weighted by molar-refractivity contribution is 7.92. The summed E-state index contributed by atoms with van der Waals surface area (Å²) in [5.41, 5.74) is 2.44. The number of nitrogens with zero attached hydrogens (tertiary/aromatic N) is 2. The van der Waals surface area contributed by atoms with E-state index < -0.39 is 34.2 Å². The van der Waals surface area contributed by atoms with Crippen LogP contribution in [0.25, 0.3) is 0 Å². The molecule has 4 aromatic rings. The molecule has 5 rings (SSSR count). The van der Waals surface area contributed by atoms with E-state index in [4.69, 9.17) is 16.4 Å². The SMILES string of the molecule is O=CC(F)(F)F.O=S(=O)(Nc1ccc2cc1CCc1cccc(c1)Nc1ncc(Cl)c(n1)N2)c1ccc(C(F)(F)F)cc1. The van der Waals surface area contributed by atoms with Crippen LogP contribution in [-0.2, 0) is 33.8 Å². The Kier molecular flexibility index (Phi) is 9.15. The predicted molar refractivity (Wildman–Crippen MR) is 148 cm³/mol. The summed E-state index contributed by atoms with van der Waals surface area (Å²) in [5.74, 6) is 0.711. The molecule has 8 nitrogen and oxygen atoms in total. The van der Waals surface area contributed by atoms with E-state index in [9.17, 15) is 34.8 Å². The van der Waals surface area contributed by atoms with E-state index >= 15 is 0 Å². The zero-order valence-corrected chi connectivity index (χ0v) is 23.2. The predicted octanol–water partition coefficient (Wildman–Crippen LogP) is 7.28. The van der Waals surface area contributed by atoms with Crippen LogP contribution in [0.5, 0.6) is 0 Å². The van der Waals surface area contributed by atoms with Gasteiger partial charge in [0, 0.05) is 11.4 Å². The summed E-state index contributed by atoms with van der Waals surface area (Å²) in [5, 5.41) is 6.57. The number of benzene rings is 3. The minimum atomic E-state index is -4.64. The lowest BCUT2D eigenvalue weighted by Crippen LogP contribution is -2.15. The molecule has 1 aliphatic rings. The molecule has 0 saturated heterocycles. The fourth-order valence-corrected chi connectivity index (χ4v) is 5.11. The number of aldehydes is 1. The Labute approximate surface area is 246 Å². The number of alkyl halides is 6. The second-order valence-electron chi connectivity index (χ2n) is 9.00. The van der Waals surface area contributed by atoms with Crippen LogP contribution in [0.4, 0.5) is 55.2 Å². The van der Waals surface area contributed by atoms with Crippen molar-refractivity contribution in [2.45, 2.75) is 30.1 Å². The topological polar surface area (TPSA) is 113 Å². The van der Waals surface area contributed by atoms with Gasteiger partial charge in [0.25, 0.3) is 10.0 Å². The van der Waals surface area contributed by atoms with E-state index in [0.29, 0.717) is 46.6 Å². The molecule has 0 spiro atoms. The average Bonchev–Trinajstić information content (AvgIpc) is 2.94. The standard InChI is InChI=1S/C25H19ClF3N5O2S.C2HF3O/c26-21-14-30-24-32-18-3-1-2-15(12-18)4-5-16-13-19(31-23(21)33-24)8-11-22(16)34-37(35,36)20-9-6-17(7-10-20)25(27,28)29;3-2(4,5)1-6/h1-3,6-14,34H,4-5H2,(H2,30,31,32,33);1H. The number of anilines is 5. The third-order valence-corrected chi connectivity index (χ3v) is 7.51. The van der Waals surface area contributed by atoms with Crippen molar-refractivity contribution in [1.29, 1.82) is 0 Å². The van der Waals surface area contributed by atoms with E-state index in [1.54, 1.807) is 18.2 Å². The van der Waals surface area contributed by atoms with Crippen molar-refractivity contribution in [2.24, 2.45) is 0 Å². The second-order valence-corrected chi connectivity index (χ2v) is 11.1. The molecule has 0 atom stereocenters. The lowest BCUT2D eigenvalue weighted by Gasteiger charge is -2.16. The fraction of sp³-hybridized carbons (Fsp3) is 0.148. The molecule has 16 heteroatoms. The van der Waals surface area contributed by atoms with Gasteiger partial charge in [0.05, 0.1) is 22.3 Å². The molecule has 3 N–H and O–H groups in total. The van der Waals surface area contributed by atoms with E-state index in [1.807, 2.05) is 24.3 Å². The molecule has 0 aliphatic carbocycles. The summed E-state index contributed by atoms with van der Waals surface area (Å²) < 4.78 is 98.5. The van der Waals surface area contributed by atoms with Crippen molar-refractivity contribution in [3.8, 4) is 0 Å². The molecule has 6 bridgehead atoms. The molecule has 1 aliphatic heterocycles. The molecule has 0 radical (unpaired) electrons. The minimum absolute atomic E-state index is 0.279. The number of hydrogen-bond donors (Lipinski definition) is 3. The summed E-state index contributed by atoms with van der Waals surface area (Å²) >= 11 is 6.28. The Morgan fingerprint density at radius 2 is 1.56 bits per heavy atom. The zero-order valence-electron chi connectivity index (χ0n) is 21.6. The van der Waals surface area contributed by atoms with Crippen molar-refractivity contribution in [1.82, 2.24) is 9.97 Å². The van der Waals surface area contributed by atoms with Crippen LogP contribution in [0.3, 0.4) is 0 Å². The van der Waals surface area contributed by atoms with Crippen molar-refractivity contribution in [3.63, 3.8) is 0 Å². The van der Waals surface area contributed by atoms with E-state index in [-0.39, 0.29) is 4.90 Å². The van der Waals surface area contributed by atoms with Gasteiger partial charge in [-0.1, -0.05) is 23.7 Å². The van der Waals surface area contributed by atoms with Crippen LogP contribution in [-0.4, -0.2) is 30.8 Å². The molecular formula is C27H20ClF6N5O3S. The third kappa shape index (κ3) is 8.58. The first kappa shape index (κ1) is 31.6. The Morgan fingerprint density at radius 1 is 0.884 bits per heavy atom.